The van der Waals surface area contributed by atoms with E-state index >= 15 is 0 Å². The van der Waals surface area contributed by atoms with E-state index in [1.54, 1.807) is 32.4 Å². The van der Waals surface area contributed by atoms with Crippen molar-refractivity contribution in [3.05, 3.63) is 63.5 Å². The summed E-state index contributed by atoms with van der Waals surface area (Å²) in [5, 5.41) is 11.1. The number of aromatic hydroxyl groups is 1. The SMILES string of the molecule is COc1ccc(Cc2c(O)c3cccc(C)c3oc2=O)cc1OC. The van der Waals surface area contributed by atoms with Crippen LogP contribution >= 0.6 is 0 Å². The molecule has 1 N–H and O–H groups in total. The van der Waals surface area contributed by atoms with Gasteiger partial charge in [0.2, 0.25) is 0 Å². The summed E-state index contributed by atoms with van der Waals surface area (Å²) in [6.45, 7) is 1.83. The smallest absolute Gasteiger partial charge is 0.343 e. The Labute approximate surface area is 139 Å². The van der Waals surface area contributed by atoms with Crippen LogP contribution in [-0.2, 0) is 6.42 Å². The fourth-order valence-corrected chi connectivity index (χ4v) is 2.74. The van der Waals surface area contributed by atoms with Gasteiger partial charge in [0.15, 0.2) is 11.5 Å². The van der Waals surface area contributed by atoms with Crippen LogP contribution in [-0.4, -0.2) is 19.3 Å². The summed E-state index contributed by atoms with van der Waals surface area (Å²) in [6, 6.07) is 10.7. The molecule has 24 heavy (non-hydrogen) atoms. The van der Waals surface area contributed by atoms with Crippen LogP contribution in [0.2, 0.25) is 0 Å². The first kappa shape index (κ1) is 15.9. The van der Waals surface area contributed by atoms with Crippen LogP contribution in [0.5, 0.6) is 17.2 Å². The molecule has 5 heteroatoms. The van der Waals surface area contributed by atoms with Crippen LogP contribution in [0.3, 0.4) is 0 Å². The van der Waals surface area contributed by atoms with E-state index in [2.05, 4.69) is 0 Å². The molecule has 0 saturated heterocycles. The van der Waals surface area contributed by atoms with Crippen LogP contribution in [0.15, 0.2) is 45.6 Å². The van der Waals surface area contributed by atoms with Crippen molar-refractivity contribution in [2.75, 3.05) is 14.2 Å². The van der Waals surface area contributed by atoms with Crippen molar-refractivity contribution in [1.29, 1.82) is 0 Å². The molecule has 3 rings (SSSR count). The van der Waals surface area contributed by atoms with Gasteiger partial charge in [-0.15, -0.1) is 0 Å². The van der Waals surface area contributed by atoms with Gasteiger partial charge in [0.25, 0.3) is 0 Å². The zero-order valence-electron chi connectivity index (χ0n) is 13.8. The predicted molar refractivity (Wildman–Crippen MR) is 91.2 cm³/mol. The molecular weight excluding hydrogens is 308 g/mol. The minimum atomic E-state index is -0.538. The molecule has 0 amide bonds. The van der Waals surface area contributed by atoms with E-state index in [0.29, 0.717) is 22.5 Å². The van der Waals surface area contributed by atoms with E-state index in [1.165, 1.54) is 0 Å². The van der Waals surface area contributed by atoms with Gasteiger partial charge in [0, 0.05) is 6.42 Å². The lowest BCUT2D eigenvalue weighted by atomic mass is 10.0. The predicted octanol–water partition coefficient (Wildman–Crippen LogP) is 3.42. The third-order valence-corrected chi connectivity index (χ3v) is 4.02. The number of aryl methyl sites for hydroxylation is 1. The zero-order valence-corrected chi connectivity index (χ0v) is 13.8. The second kappa shape index (κ2) is 6.28. The van der Waals surface area contributed by atoms with Crippen LogP contribution in [0.4, 0.5) is 0 Å². The van der Waals surface area contributed by atoms with E-state index < -0.39 is 5.63 Å². The van der Waals surface area contributed by atoms with Crippen molar-refractivity contribution in [2.45, 2.75) is 13.3 Å². The second-order valence-corrected chi connectivity index (χ2v) is 5.53. The van der Waals surface area contributed by atoms with Gasteiger partial charge in [-0.3, -0.25) is 0 Å². The normalized spacial score (nSPS) is 10.8. The largest absolute Gasteiger partial charge is 0.507 e. The van der Waals surface area contributed by atoms with Crippen molar-refractivity contribution in [1.82, 2.24) is 0 Å². The molecule has 0 saturated carbocycles. The van der Waals surface area contributed by atoms with Gasteiger partial charge in [0.1, 0.15) is 11.3 Å². The molecule has 3 aromatic rings. The van der Waals surface area contributed by atoms with Crippen molar-refractivity contribution >= 4 is 11.0 Å². The molecule has 0 fully saturated rings. The molecule has 0 aliphatic rings. The second-order valence-electron chi connectivity index (χ2n) is 5.53. The summed E-state index contributed by atoms with van der Waals surface area (Å²) < 4.78 is 15.9. The fraction of sp³-hybridized carbons (Fsp3) is 0.211. The summed E-state index contributed by atoms with van der Waals surface area (Å²) in [5.74, 6) is 1.13. The van der Waals surface area contributed by atoms with Crippen LogP contribution < -0.4 is 15.1 Å². The first-order valence-electron chi connectivity index (χ1n) is 7.50. The first-order valence-corrected chi connectivity index (χ1v) is 7.50. The lowest BCUT2D eigenvalue weighted by molar-refractivity contribution is 0.354. The van der Waals surface area contributed by atoms with Gasteiger partial charge in [-0.1, -0.05) is 18.2 Å². The highest BCUT2D eigenvalue weighted by Crippen LogP contribution is 2.32. The topological polar surface area (TPSA) is 68.9 Å². The van der Waals surface area contributed by atoms with E-state index in [1.807, 2.05) is 25.1 Å². The van der Waals surface area contributed by atoms with Gasteiger partial charge in [-0.25, -0.2) is 4.79 Å². The maximum atomic E-state index is 12.3. The third-order valence-electron chi connectivity index (χ3n) is 4.02. The van der Waals surface area contributed by atoms with Crippen molar-refractivity contribution in [2.24, 2.45) is 0 Å². The van der Waals surface area contributed by atoms with E-state index in [9.17, 15) is 9.90 Å². The average Bonchev–Trinajstić information content (AvgIpc) is 2.59. The minimum Gasteiger partial charge on any atom is -0.507 e. The highest BCUT2D eigenvalue weighted by atomic mass is 16.5. The fourth-order valence-electron chi connectivity index (χ4n) is 2.74. The number of para-hydroxylation sites is 1. The number of benzene rings is 2. The Kier molecular flexibility index (Phi) is 4.16. The summed E-state index contributed by atoms with van der Waals surface area (Å²) >= 11 is 0. The van der Waals surface area contributed by atoms with Gasteiger partial charge in [-0.2, -0.15) is 0 Å². The van der Waals surface area contributed by atoms with E-state index in [0.717, 1.165) is 11.1 Å². The minimum absolute atomic E-state index is 0.0419. The molecule has 2 aromatic carbocycles. The number of ether oxygens (including phenoxy) is 2. The molecule has 0 bridgehead atoms. The quantitative estimate of drug-likeness (QED) is 0.744. The van der Waals surface area contributed by atoms with Crippen molar-refractivity contribution < 1.29 is 19.0 Å². The standard InChI is InChI=1S/C19H18O5/c1-11-5-4-6-13-17(20)14(19(21)24-18(11)13)9-12-7-8-15(22-2)16(10-12)23-3/h4-8,10,20H,9H2,1-3H3. The Bertz CT molecular complexity index is 956. The third kappa shape index (κ3) is 2.69. The number of hydrogen-bond acceptors (Lipinski definition) is 5. The van der Waals surface area contributed by atoms with Gasteiger partial charge >= 0.3 is 5.63 Å². The molecule has 0 atom stereocenters. The zero-order chi connectivity index (χ0) is 17.3. The van der Waals surface area contributed by atoms with Gasteiger partial charge in [0.05, 0.1) is 25.2 Å². The molecule has 1 aromatic heterocycles. The number of methoxy groups -OCH3 is 2. The lowest BCUT2D eigenvalue weighted by Crippen LogP contribution is -2.09. The lowest BCUT2D eigenvalue weighted by Gasteiger charge is -2.11. The molecule has 0 spiro atoms. The maximum absolute atomic E-state index is 12.3. The van der Waals surface area contributed by atoms with Crippen LogP contribution in [0.1, 0.15) is 16.7 Å². The van der Waals surface area contributed by atoms with Crippen molar-refractivity contribution in [3.63, 3.8) is 0 Å². The monoisotopic (exact) mass is 326 g/mol. The molecule has 0 unspecified atom stereocenters. The first-order chi connectivity index (χ1) is 11.5. The molecule has 5 nitrogen and oxygen atoms in total. The Balaban J connectivity index is 2.09. The molecule has 124 valence electrons. The summed E-state index contributed by atoms with van der Waals surface area (Å²) in [4.78, 5) is 12.3. The number of fused-ring (bicyclic) bond motifs is 1. The molecule has 0 aliphatic carbocycles. The van der Waals surface area contributed by atoms with Crippen LogP contribution in [0, 0.1) is 6.92 Å². The van der Waals surface area contributed by atoms with Gasteiger partial charge in [-0.05, 0) is 36.2 Å². The molecule has 0 aliphatic heterocycles. The Morgan fingerprint density at radius 3 is 2.54 bits per heavy atom. The van der Waals surface area contributed by atoms with Crippen LogP contribution in [0.25, 0.3) is 11.0 Å². The number of hydrogen-bond donors (Lipinski definition) is 1. The molecule has 0 radical (unpaired) electrons. The number of rotatable bonds is 4. The van der Waals surface area contributed by atoms with Gasteiger partial charge < -0.3 is 19.0 Å². The molecular formula is C19H18O5. The maximum Gasteiger partial charge on any atom is 0.343 e. The highest BCUT2D eigenvalue weighted by molar-refractivity contribution is 5.86. The van der Waals surface area contributed by atoms with E-state index in [-0.39, 0.29) is 17.7 Å². The van der Waals surface area contributed by atoms with E-state index in [4.69, 9.17) is 13.9 Å². The Morgan fingerprint density at radius 1 is 1.08 bits per heavy atom. The summed E-state index contributed by atoms with van der Waals surface area (Å²) in [7, 11) is 3.11. The molecule has 1 heterocycles. The van der Waals surface area contributed by atoms with Crippen molar-refractivity contribution in [3.8, 4) is 17.2 Å². The Morgan fingerprint density at radius 2 is 1.83 bits per heavy atom. The Hall–Kier alpha value is -2.95. The summed E-state index contributed by atoms with van der Waals surface area (Å²) in [6.07, 6.45) is 0.235. The summed E-state index contributed by atoms with van der Waals surface area (Å²) in [5.41, 5.74) is 1.71. The average molecular weight is 326 g/mol. The highest BCUT2D eigenvalue weighted by Gasteiger charge is 2.16.